The zero-order valence-corrected chi connectivity index (χ0v) is 14.1. The van der Waals surface area contributed by atoms with Gasteiger partial charge in [0.05, 0.1) is 17.1 Å². The van der Waals surface area contributed by atoms with Crippen LogP contribution in [0.25, 0.3) is 33.8 Å². The highest BCUT2D eigenvalue weighted by atomic mass is 14.8. The van der Waals surface area contributed by atoms with Crippen LogP contribution >= 0.6 is 0 Å². The molecule has 2 heteroatoms. The molecule has 0 saturated carbocycles. The molecule has 0 atom stereocenters. The summed E-state index contributed by atoms with van der Waals surface area (Å²) in [6.07, 6.45) is 1.81. The summed E-state index contributed by atoms with van der Waals surface area (Å²) in [7, 11) is 0. The van der Waals surface area contributed by atoms with Crippen LogP contribution in [0.15, 0.2) is 91.1 Å². The van der Waals surface area contributed by atoms with Gasteiger partial charge in [0.2, 0.25) is 0 Å². The number of hydrogen-bond donors (Lipinski definition) is 0. The molecule has 4 rings (SSSR count). The molecule has 0 fully saturated rings. The standard InChI is InChI=1S/C23H18N2/c1-17-10-12-18(13-11-17)20-14-15-21(19-7-3-2-4-8-19)25-23(20)22-9-5-6-16-24-22/h2-16H,1H3. The van der Waals surface area contributed by atoms with Crippen molar-refractivity contribution in [2.75, 3.05) is 0 Å². The van der Waals surface area contributed by atoms with E-state index >= 15 is 0 Å². The van der Waals surface area contributed by atoms with Crippen molar-refractivity contribution in [3.63, 3.8) is 0 Å². The van der Waals surface area contributed by atoms with E-state index in [9.17, 15) is 0 Å². The Labute approximate surface area is 147 Å². The van der Waals surface area contributed by atoms with Crippen molar-refractivity contribution in [2.45, 2.75) is 6.92 Å². The van der Waals surface area contributed by atoms with E-state index in [1.807, 2.05) is 42.6 Å². The predicted octanol–water partition coefficient (Wildman–Crippen LogP) is 5.79. The van der Waals surface area contributed by atoms with E-state index in [4.69, 9.17) is 4.98 Å². The fourth-order valence-electron chi connectivity index (χ4n) is 2.89. The van der Waals surface area contributed by atoms with Crippen LogP contribution in [0.4, 0.5) is 0 Å². The fraction of sp³-hybridized carbons (Fsp3) is 0.0435. The van der Waals surface area contributed by atoms with Gasteiger partial charge in [-0.2, -0.15) is 0 Å². The van der Waals surface area contributed by atoms with Crippen LogP contribution in [-0.2, 0) is 0 Å². The van der Waals surface area contributed by atoms with Gasteiger partial charge in [-0.05, 0) is 36.8 Å². The first kappa shape index (κ1) is 15.3. The number of aromatic nitrogens is 2. The van der Waals surface area contributed by atoms with E-state index in [0.717, 1.165) is 33.8 Å². The molecule has 0 spiro atoms. The van der Waals surface area contributed by atoms with Crippen molar-refractivity contribution in [1.82, 2.24) is 9.97 Å². The second-order valence-corrected chi connectivity index (χ2v) is 6.04. The third-order valence-corrected chi connectivity index (χ3v) is 4.23. The van der Waals surface area contributed by atoms with Gasteiger partial charge in [-0.1, -0.05) is 66.2 Å². The Bertz CT molecular complexity index is 975. The second kappa shape index (κ2) is 6.70. The number of rotatable bonds is 3. The number of hydrogen-bond acceptors (Lipinski definition) is 2. The molecule has 0 saturated heterocycles. The Morgan fingerprint density at radius 2 is 1.36 bits per heavy atom. The van der Waals surface area contributed by atoms with Gasteiger partial charge in [-0.3, -0.25) is 4.98 Å². The number of pyridine rings is 2. The van der Waals surface area contributed by atoms with Crippen molar-refractivity contribution in [3.05, 3.63) is 96.7 Å². The Morgan fingerprint density at radius 3 is 2.08 bits per heavy atom. The zero-order valence-electron chi connectivity index (χ0n) is 14.1. The molecule has 0 N–H and O–H groups in total. The summed E-state index contributed by atoms with van der Waals surface area (Å²) < 4.78 is 0. The molecule has 4 aromatic rings. The minimum atomic E-state index is 0.885. The van der Waals surface area contributed by atoms with Crippen LogP contribution in [0.1, 0.15) is 5.56 Å². The molecule has 0 aliphatic rings. The minimum Gasteiger partial charge on any atom is -0.255 e. The summed E-state index contributed by atoms with van der Waals surface area (Å²) >= 11 is 0. The van der Waals surface area contributed by atoms with Crippen molar-refractivity contribution in [2.24, 2.45) is 0 Å². The first-order valence-electron chi connectivity index (χ1n) is 8.36. The molecule has 25 heavy (non-hydrogen) atoms. The average molecular weight is 322 g/mol. The number of benzene rings is 2. The SMILES string of the molecule is Cc1ccc(-c2ccc(-c3ccccc3)nc2-c2ccccn2)cc1. The van der Waals surface area contributed by atoms with Crippen molar-refractivity contribution in [1.29, 1.82) is 0 Å². The first-order chi connectivity index (χ1) is 12.3. The third-order valence-electron chi connectivity index (χ3n) is 4.23. The molecule has 2 aromatic carbocycles. The molecule has 0 radical (unpaired) electrons. The smallest absolute Gasteiger partial charge is 0.0971 e. The average Bonchev–Trinajstić information content (AvgIpc) is 2.70. The van der Waals surface area contributed by atoms with E-state index in [-0.39, 0.29) is 0 Å². The Hall–Kier alpha value is -3.26. The van der Waals surface area contributed by atoms with Gasteiger partial charge >= 0.3 is 0 Å². The molecule has 0 aliphatic carbocycles. The molecule has 2 aromatic heterocycles. The van der Waals surface area contributed by atoms with Crippen molar-refractivity contribution in [3.8, 4) is 33.8 Å². The summed E-state index contributed by atoms with van der Waals surface area (Å²) in [6.45, 7) is 2.10. The Balaban J connectivity index is 1.91. The van der Waals surface area contributed by atoms with Gasteiger partial charge in [0, 0.05) is 17.3 Å². The quantitative estimate of drug-likeness (QED) is 0.477. The minimum absolute atomic E-state index is 0.885. The van der Waals surface area contributed by atoms with Crippen LogP contribution in [0.2, 0.25) is 0 Å². The summed E-state index contributed by atoms with van der Waals surface area (Å²) in [4.78, 5) is 9.47. The Morgan fingerprint density at radius 1 is 0.600 bits per heavy atom. The molecular weight excluding hydrogens is 304 g/mol. The van der Waals surface area contributed by atoms with Crippen LogP contribution < -0.4 is 0 Å². The maximum Gasteiger partial charge on any atom is 0.0971 e. The van der Waals surface area contributed by atoms with E-state index in [1.54, 1.807) is 0 Å². The molecule has 0 unspecified atom stereocenters. The lowest BCUT2D eigenvalue weighted by Crippen LogP contribution is -1.94. The van der Waals surface area contributed by atoms with Crippen LogP contribution in [0.5, 0.6) is 0 Å². The molecule has 0 aliphatic heterocycles. The lowest BCUT2D eigenvalue weighted by atomic mass is 9.99. The highest BCUT2D eigenvalue weighted by Gasteiger charge is 2.12. The summed E-state index contributed by atoms with van der Waals surface area (Å²) in [5.41, 5.74) is 7.35. The van der Waals surface area contributed by atoms with Gasteiger partial charge < -0.3 is 0 Å². The van der Waals surface area contributed by atoms with Gasteiger partial charge in [-0.15, -0.1) is 0 Å². The highest BCUT2D eigenvalue weighted by molar-refractivity contribution is 5.81. The van der Waals surface area contributed by atoms with E-state index < -0.39 is 0 Å². The molecule has 2 heterocycles. The largest absolute Gasteiger partial charge is 0.255 e. The van der Waals surface area contributed by atoms with E-state index in [0.29, 0.717) is 0 Å². The van der Waals surface area contributed by atoms with Crippen LogP contribution in [0.3, 0.4) is 0 Å². The fourth-order valence-corrected chi connectivity index (χ4v) is 2.89. The molecular formula is C23H18N2. The summed E-state index contributed by atoms with van der Waals surface area (Å²) in [5.74, 6) is 0. The molecule has 0 bridgehead atoms. The van der Waals surface area contributed by atoms with E-state index in [2.05, 4.69) is 60.4 Å². The lowest BCUT2D eigenvalue weighted by molar-refractivity contribution is 1.25. The summed E-state index contributed by atoms with van der Waals surface area (Å²) in [5, 5.41) is 0. The normalized spacial score (nSPS) is 10.6. The zero-order chi connectivity index (χ0) is 17.1. The maximum atomic E-state index is 4.95. The molecule has 2 nitrogen and oxygen atoms in total. The number of aryl methyl sites for hydroxylation is 1. The van der Waals surface area contributed by atoms with Crippen LogP contribution in [0, 0.1) is 6.92 Å². The van der Waals surface area contributed by atoms with Crippen molar-refractivity contribution < 1.29 is 0 Å². The summed E-state index contributed by atoms with van der Waals surface area (Å²) in [6, 6.07) is 28.9. The van der Waals surface area contributed by atoms with Crippen molar-refractivity contribution >= 4 is 0 Å². The lowest BCUT2D eigenvalue weighted by Gasteiger charge is -2.11. The Kier molecular flexibility index (Phi) is 4.09. The van der Waals surface area contributed by atoms with Crippen LogP contribution in [-0.4, -0.2) is 9.97 Å². The van der Waals surface area contributed by atoms with E-state index in [1.165, 1.54) is 5.56 Å². The molecule has 0 amide bonds. The second-order valence-electron chi connectivity index (χ2n) is 6.04. The predicted molar refractivity (Wildman–Crippen MR) is 103 cm³/mol. The van der Waals surface area contributed by atoms with Gasteiger partial charge in [-0.25, -0.2) is 4.98 Å². The van der Waals surface area contributed by atoms with Gasteiger partial charge in [0.1, 0.15) is 0 Å². The van der Waals surface area contributed by atoms with Gasteiger partial charge in [0.15, 0.2) is 0 Å². The topological polar surface area (TPSA) is 25.8 Å². The number of nitrogens with zero attached hydrogens (tertiary/aromatic N) is 2. The first-order valence-corrected chi connectivity index (χ1v) is 8.36. The third kappa shape index (κ3) is 3.20. The monoisotopic (exact) mass is 322 g/mol. The maximum absolute atomic E-state index is 4.95. The highest BCUT2D eigenvalue weighted by Crippen LogP contribution is 2.32. The molecule has 120 valence electrons. The van der Waals surface area contributed by atoms with Gasteiger partial charge in [0.25, 0.3) is 0 Å².